The highest BCUT2D eigenvalue weighted by atomic mass is 32.2. The molecule has 0 unspecified atom stereocenters. The summed E-state index contributed by atoms with van der Waals surface area (Å²) < 4.78 is 5.66. The van der Waals surface area contributed by atoms with E-state index in [1.54, 1.807) is 5.38 Å². The zero-order valence-electron chi connectivity index (χ0n) is 16.1. The molecule has 0 aliphatic rings. The van der Waals surface area contributed by atoms with Gasteiger partial charge in [-0.2, -0.15) is 0 Å². The molecule has 0 aliphatic heterocycles. The number of carbonyl (C=O) groups excluding carboxylic acids is 2. The monoisotopic (exact) mass is 427 g/mol. The van der Waals surface area contributed by atoms with E-state index >= 15 is 0 Å². The van der Waals surface area contributed by atoms with E-state index in [0.717, 1.165) is 21.8 Å². The average molecular weight is 428 g/mol. The molecule has 0 spiro atoms. The molecular weight excluding hydrogens is 406 g/mol. The van der Waals surface area contributed by atoms with Crippen LogP contribution in [-0.4, -0.2) is 22.6 Å². The first-order chi connectivity index (χ1) is 14.0. The van der Waals surface area contributed by atoms with Crippen molar-refractivity contribution in [3.63, 3.8) is 0 Å². The third-order valence-corrected chi connectivity index (χ3v) is 5.71. The molecule has 3 aromatic rings. The number of rotatable bonds is 7. The summed E-state index contributed by atoms with van der Waals surface area (Å²) in [5.74, 6) is 0.199. The van der Waals surface area contributed by atoms with E-state index in [0.29, 0.717) is 5.01 Å². The normalized spacial score (nSPS) is 10.4. The molecule has 0 radical (unpaired) electrons. The van der Waals surface area contributed by atoms with E-state index in [1.165, 1.54) is 23.1 Å². The van der Waals surface area contributed by atoms with Crippen molar-refractivity contribution >= 4 is 34.9 Å². The summed E-state index contributed by atoms with van der Waals surface area (Å²) >= 11 is 2.73. The van der Waals surface area contributed by atoms with E-state index < -0.39 is 5.91 Å². The number of aryl methyl sites for hydroxylation is 2. The van der Waals surface area contributed by atoms with Crippen molar-refractivity contribution in [2.75, 3.05) is 5.75 Å². The highest BCUT2D eigenvalue weighted by molar-refractivity contribution is 8.00. The Hall–Kier alpha value is -2.84. The molecule has 1 heterocycles. The topological polar surface area (TPSA) is 80.3 Å². The molecular formula is C21H21N3O3S2. The maximum Gasteiger partial charge on any atom is 0.289 e. The smallest absolute Gasteiger partial charge is 0.289 e. The van der Waals surface area contributed by atoms with Crippen molar-refractivity contribution in [1.29, 1.82) is 0 Å². The van der Waals surface area contributed by atoms with Crippen LogP contribution in [0.2, 0.25) is 0 Å². The first kappa shape index (κ1) is 20.9. The zero-order chi connectivity index (χ0) is 20.6. The van der Waals surface area contributed by atoms with Gasteiger partial charge in [0.15, 0.2) is 0 Å². The Balaban J connectivity index is 1.41. The molecule has 0 bridgehead atoms. The third-order valence-electron chi connectivity index (χ3n) is 3.87. The molecule has 2 aromatic carbocycles. The van der Waals surface area contributed by atoms with Crippen LogP contribution in [0.4, 0.5) is 0 Å². The van der Waals surface area contributed by atoms with E-state index in [2.05, 4.69) is 15.8 Å². The van der Waals surface area contributed by atoms with Gasteiger partial charge in [-0.25, -0.2) is 4.98 Å². The number of hydrogen-bond acceptors (Lipinski definition) is 6. The predicted octanol–water partition coefficient (Wildman–Crippen LogP) is 3.89. The number of aromatic nitrogens is 1. The molecule has 0 aliphatic carbocycles. The number of thiazole rings is 1. The summed E-state index contributed by atoms with van der Waals surface area (Å²) in [5, 5.41) is 2.31. The summed E-state index contributed by atoms with van der Waals surface area (Å²) in [6.07, 6.45) is 0. The van der Waals surface area contributed by atoms with Gasteiger partial charge in [0.05, 0.1) is 5.75 Å². The first-order valence-electron chi connectivity index (χ1n) is 8.92. The molecule has 3 rings (SSSR count). The Kier molecular flexibility index (Phi) is 7.26. The predicted molar refractivity (Wildman–Crippen MR) is 115 cm³/mol. The van der Waals surface area contributed by atoms with E-state index in [1.807, 2.05) is 62.4 Å². The summed E-state index contributed by atoms with van der Waals surface area (Å²) in [6, 6.07) is 15.6. The molecule has 29 heavy (non-hydrogen) atoms. The van der Waals surface area contributed by atoms with Crippen LogP contribution in [-0.2, 0) is 11.4 Å². The second-order valence-corrected chi connectivity index (χ2v) is 8.32. The molecule has 2 amide bonds. The van der Waals surface area contributed by atoms with E-state index in [9.17, 15) is 9.59 Å². The van der Waals surface area contributed by atoms with Gasteiger partial charge in [-0.1, -0.05) is 35.4 Å². The first-order valence-corrected chi connectivity index (χ1v) is 10.8. The van der Waals surface area contributed by atoms with Gasteiger partial charge in [-0.3, -0.25) is 20.4 Å². The Bertz CT molecular complexity index is 970. The van der Waals surface area contributed by atoms with Gasteiger partial charge in [0.1, 0.15) is 23.1 Å². The lowest BCUT2D eigenvalue weighted by Crippen LogP contribution is -2.42. The fraction of sp³-hybridized carbons (Fsp3) is 0.190. The summed E-state index contributed by atoms with van der Waals surface area (Å²) in [6.45, 7) is 4.30. The second kappa shape index (κ2) is 10.1. The number of benzene rings is 2. The van der Waals surface area contributed by atoms with Gasteiger partial charge in [0.25, 0.3) is 5.91 Å². The average Bonchev–Trinajstić information content (AvgIpc) is 3.20. The standard InChI is InChI=1S/C21H21N3O3S2/c1-14-3-7-16(8-4-14)27-11-20-22-18(12-29-20)21(26)24-23-19(25)13-28-17-9-5-15(2)6-10-17/h3-10,12H,11,13H2,1-2H3,(H,23,25)(H,24,26). The number of nitrogens with one attached hydrogen (secondary N) is 2. The van der Waals surface area contributed by atoms with Crippen molar-refractivity contribution in [2.24, 2.45) is 0 Å². The fourth-order valence-electron chi connectivity index (χ4n) is 2.27. The van der Waals surface area contributed by atoms with Gasteiger partial charge < -0.3 is 4.74 Å². The number of hydrazine groups is 1. The maximum atomic E-state index is 12.2. The Morgan fingerprint density at radius 3 is 2.34 bits per heavy atom. The largest absolute Gasteiger partial charge is 0.486 e. The Labute approximate surface area is 177 Å². The molecule has 0 saturated carbocycles. The van der Waals surface area contributed by atoms with E-state index in [-0.39, 0.29) is 24.0 Å². The van der Waals surface area contributed by atoms with Crippen molar-refractivity contribution < 1.29 is 14.3 Å². The molecule has 150 valence electrons. The maximum absolute atomic E-state index is 12.2. The molecule has 6 nitrogen and oxygen atoms in total. The van der Waals surface area contributed by atoms with Crippen molar-refractivity contribution in [2.45, 2.75) is 25.3 Å². The number of thioether (sulfide) groups is 1. The molecule has 1 aromatic heterocycles. The summed E-state index contributed by atoms with van der Waals surface area (Å²) in [4.78, 5) is 29.3. The Morgan fingerprint density at radius 1 is 1.00 bits per heavy atom. The molecule has 0 atom stereocenters. The number of ether oxygens (including phenoxy) is 1. The minimum Gasteiger partial charge on any atom is -0.486 e. The number of nitrogens with zero attached hydrogens (tertiary/aromatic N) is 1. The van der Waals surface area contributed by atoms with Crippen LogP contribution in [0.3, 0.4) is 0 Å². The lowest BCUT2D eigenvalue weighted by Gasteiger charge is -2.06. The highest BCUT2D eigenvalue weighted by Gasteiger charge is 2.12. The van der Waals surface area contributed by atoms with Crippen LogP contribution < -0.4 is 15.6 Å². The third kappa shape index (κ3) is 6.62. The SMILES string of the molecule is Cc1ccc(OCc2nc(C(=O)NNC(=O)CSc3ccc(C)cc3)cs2)cc1. The number of carbonyl (C=O) groups is 2. The minimum atomic E-state index is -0.462. The molecule has 2 N–H and O–H groups in total. The van der Waals surface area contributed by atoms with Gasteiger partial charge in [-0.05, 0) is 38.1 Å². The quantitative estimate of drug-likeness (QED) is 0.442. The van der Waals surface area contributed by atoms with Crippen molar-refractivity contribution in [3.05, 3.63) is 75.7 Å². The van der Waals surface area contributed by atoms with Crippen LogP contribution in [0.25, 0.3) is 0 Å². The lowest BCUT2D eigenvalue weighted by atomic mass is 10.2. The van der Waals surface area contributed by atoms with Crippen LogP contribution in [0.1, 0.15) is 26.6 Å². The van der Waals surface area contributed by atoms with Crippen LogP contribution in [0, 0.1) is 13.8 Å². The van der Waals surface area contributed by atoms with Crippen molar-refractivity contribution in [3.8, 4) is 5.75 Å². The van der Waals surface area contributed by atoms with Crippen molar-refractivity contribution in [1.82, 2.24) is 15.8 Å². The van der Waals surface area contributed by atoms with Crippen LogP contribution in [0.5, 0.6) is 5.75 Å². The van der Waals surface area contributed by atoms with Crippen LogP contribution in [0.15, 0.2) is 58.8 Å². The van der Waals surface area contributed by atoms with Gasteiger partial charge >= 0.3 is 0 Å². The van der Waals surface area contributed by atoms with Gasteiger partial charge in [0.2, 0.25) is 5.91 Å². The lowest BCUT2D eigenvalue weighted by molar-refractivity contribution is -0.119. The van der Waals surface area contributed by atoms with Gasteiger partial charge in [0, 0.05) is 10.3 Å². The Morgan fingerprint density at radius 2 is 1.66 bits per heavy atom. The van der Waals surface area contributed by atoms with Gasteiger partial charge in [-0.15, -0.1) is 23.1 Å². The molecule has 8 heteroatoms. The second-order valence-electron chi connectivity index (χ2n) is 6.33. The summed E-state index contributed by atoms with van der Waals surface area (Å²) in [7, 11) is 0. The number of hydrogen-bond donors (Lipinski definition) is 2. The summed E-state index contributed by atoms with van der Waals surface area (Å²) in [5.41, 5.74) is 7.36. The highest BCUT2D eigenvalue weighted by Crippen LogP contribution is 2.18. The number of amides is 2. The molecule has 0 fully saturated rings. The fourth-order valence-corrected chi connectivity index (χ4v) is 3.65. The van der Waals surface area contributed by atoms with Crippen LogP contribution >= 0.6 is 23.1 Å². The minimum absolute atomic E-state index is 0.204. The van der Waals surface area contributed by atoms with E-state index in [4.69, 9.17) is 4.74 Å². The molecule has 0 saturated heterocycles. The zero-order valence-corrected chi connectivity index (χ0v) is 17.7.